The van der Waals surface area contributed by atoms with Gasteiger partial charge in [0.1, 0.15) is 18.8 Å². The maximum atomic E-state index is 13.1. The van der Waals surface area contributed by atoms with Crippen molar-refractivity contribution in [3.8, 4) is 51.7 Å². The fraction of sp³-hybridized carbons (Fsp3) is 0.214. The van der Waals surface area contributed by atoms with E-state index in [0.29, 0.717) is 36.4 Å². The third-order valence-electron chi connectivity index (χ3n) is 6.72. The van der Waals surface area contributed by atoms with E-state index >= 15 is 0 Å². The van der Waals surface area contributed by atoms with Gasteiger partial charge in [-0.2, -0.15) is 0 Å². The quantitative estimate of drug-likeness (QED) is 0.0590. The molecule has 21 nitrogen and oxygen atoms in total. The number of aliphatic hydroxyl groups excluding tert-OH is 2. The van der Waals surface area contributed by atoms with Gasteiger partial charge in [0.2, 0.25) is 6.10 Å². The zero-order chi connectivity index (χ0) is 36.5. The number of aliphatic hydroxyl groups is 2. The Kier molecular flexibility index (Phi) is 9.55. The van der Waals surface area contributed by atoms with Gasteiger partial charge >= 0.3 is 30.0 Å². The van der Waals surface area contributed by atoms with Crippen LogP contribution in [-0.2, 0) is 23.7 Å². The van der Waals surface area contributed by atoms with Crippen LogP contribution in [-0.4, -0.2) is 117 Å². The van der Waals surface area contributed by atoms with Crippen molar-refractivity contribution in [2.24, 2.45) is 5.73 Å². The number of hydrogen-bond donors (Lipinski definition) is 12. The maximum Gasteiger partial charge on any atom is 0.409 e. The highest BCUT2D eigenvalue weighted by Crippen LogP contribution is 2.40. The first-order valence-corrected chi connectivity index (χ1v) is 13.2. The molecule has 0 unspecified atom stereocenters. The third-order valence-corrected chi connectivity index (χ3v) is 6.72. The van der Waals surface area contributed by atoms with Gasteiger partial charge in [-0.3, -0.25) is 4.74 Å². The van der Waals surface area contributed by atoms with Crippen molar-refractivity contribution < 1.29 is 99.0 Å². The van der Waals surface area contributed by atoms with E-state index in [9.17, 15) is 75.3 Å². The van der Waals surface area contributed by atoms with Crippen LogP contribution >= 0.6 is 0 Å². The van der Waals surface area contributed by atoms with Gasteiger partial charge in [-0.15, -0.1) is 0 Å². The van der Waals surface area contributed by atoms with Crippen LogP contribution in [0.5, 0.6) is 51.7 Å². The van der Waals surface area contributed by atoms with E-state index in [-0.39, 0.29) is 0 Å². The molecule has 4 rings (SSSR count). The number of nitrogens with two attached hydrogens (primary N) is 1. The third kappa shape index (κ3) is 7.07. The number of primary amides is 1. The van der Waals surface area contributed by atoms with Gasteiger partial charge in [-0.25, -0.2) is 19.2 Å². The lowest BCUT2D eigenvalue weighted by molar-refractivity contribution is -0.424. The molecule has 1 aliphatic heterocycles. The van der Waals surface area contributed by atoms with Gasteiger partial charge in [-0.05, 0) is 36.4 Å². The average Bonchev–Trinajstić information content (AvgIpc) is 3.03. The summed E-state index contributed by atoms with van der Waals surface area (Å²) in [6.07, 6.45) is -11.5. The summed E-state index contributed by atoms with van der Waals surface area (Å²) in [6, 6.07) is 3.60. The molecule has 21 heteroatoms. The molecule has 0 spiro atoms. The van der Waals surface area contributed by atoms with E-state index < -0.39 is 129 Å². The van der Waals surface area contributed by atoms with E-state index in [1.165, 1.54) is 0 Å². The van der Waals surface area contributed by atoms with E-state index in [1.807, 2.05) is 0 Å². The van der Waals surface area contributed by atoms with E-state index in [2.05, 4.69) is 0 Å². The van der Waals surface area contributed by atoms with Gasteiger partial charge in [0.05, 0.1) is 16.7 Å². The van der Waals surface area contributed by atoms with Gasteiger partial charge in [0, 0.05) is 0 Å². The van der Waals surface area contributed by atoms with Crippen molar-refractivity contribution in [3.63, 3.8) is 0 Å². The van der Waals surface area contributed by atoms with Crippen molar-refractivity contribution in [2.75, 3.05) is 6.61 Å². The number of aromatic hydroxyl groups is 9. The normalized spacial score (nSPS) is 21.7. The first-order chi connectivity index (χ1) is 22.8. The SMILES string of the molecule is NC(=O)O[C@]1(OC(=O)c2cc(O)c(O)c(O)c2)O[C@H](COC(=O)c2cc(O)c(O)c(O)c2)[C@@H](O)[C@H](OC(=O)c2cc(O)c(O)c(O)c2)[C@H]1O. The highest BCUT2D eigenvalue weighted by molar-refractivity contribution is 5.92. The number of esters is 3. The zero-order valence-corrected chi connectivity index (χ0v) is 24.2. The van der Waals surface area contributed by atoms with Crippen LogP contribution in [0, 0.1) is 0 Å². The number of carbonyl (C=O) groups excluding carboxylic acids is 4. The van der Waals surface area contributed by atoms with Crippen LogP contribution in [0.2, 0.25) is 0 Å². The molecule has 0 saturated carbocycles. The van der Waals surface area contributed by atoms with E-state index in [0.717, 1.165) is 0 Å². The van der Waals surface area contributed by atoms with Crippen LogP contribution in [0.25, 0.3) is 0 Å². The fourth-order valence-electron chi connectivity index (χ4n) is 4.33. The molecule has 1 amide bonds. The Morgan fingerprint density at radius 2 is 1.02 bits per heavy atom. The number of phenols is 9. The highest BCUT2D eigenvalue weighted by Gasteiger charge is 2.62. The number of hydrogen-bond acceptors (Lipinski definition) is 20. The molecule has 3 aromatic carbocycles. The minimum Gasteiger partial charge on any atom is -0.504 e. The molecular formula is C28H25NO20. The number of ether oxygens (including phenoxy) is 5. The number of benzene rings is 3. The first kappa shape index (κ1) is 35.3. The second-order valence-corrected chi connectivity index (χ2v) is 10.1. The minimum atomic E-state index is -3.53. The highest BCUT2D eigenvalue weighted by atomic mass is 16.9. The molecule has 0 bridgehead atoms. The summed E-state index contributed by atoms with van der Waals surface area (Å²) in [7, 11) is 0. The van der Waals surface area contributed by atoms with Crippen LogP contribution in [0.4, 0.5) is 4.79 Å². The summed E-state index contributed by atoms with van der Waals surface area (Å²) in [5.74, 6) is -17.3. The number of rotatable bonds is 8. The van der Waals surface area contributed by atoms with Crippen molar-refractivity contribution in [1.82, 2.24) is 0 Å². The lowest BCUT2D eigenvalue weighted by Gasteiger charge is -2.46. The Hall–Kier alpha value is -6.58. The lowest BCUT2D eigenvalue weighted by Crippen LogP contribution is -2.69. The predicted octanol–water partition coefficient (Wildman–Crippen LogP) is -0.854. The van der Waals surface area contributed by atoms with Crippen molar-refractivity contribution in [3.05, 3.63) is 53.1 Å². The van der Waals surface area contributed by atoms with Crippen LogP contribution in [0.3, 0.4) is 0 Å². The van der Waals surface area contributed by atoms with E-state index in [1.54, 1.807) is 0 Å². The Balaban J connectivity index is 1.73. The molecule has 0 aromatic heterocycles. The summed E-state index contributed by atoms with van der Waals surface area (Å²) in [5, 5.41) is 110. The zero-order valence-electron chi connectivity index (χ0n) is 24.2. The van der Waals surface area contributed by atoms with Crippen LogP contribution in [0.15, 0.2) is 36.4 Å². The summed E-state index contributed by atoms with van der Waals surface area (Å²) in [4.78, 5) is 50.7. The monoisotopic (exact) mass is 695 g/mol. The maximum absolute atomic E-state index is 13.1. The van der Waals surface area contributed by atoms with Gasteiger partial charge in [0.15, 0.2) is 57.8 Å². The minimum absolute atomic E-state index is 0.544. The molecule has 0 radical (unpaired) electrons. The molecule has 1 heterocycles. The van der Waals surface area contributed by atoms with Crippen molar-refractivity contribution in [1.29, 1.82) is 0 Å². The van der Waals surface area contributed by atoms with Crippen LogP contribution < -0.4 is 5.73 Å². The molecule has 1 fully saturated rings. The summed E-state index contributed by atoms with van der Waals surface area (Å²) >= 11 is 0. The standard InChI is InChI=1S/C28H25NO20/c29-27(44)49-28(48-26(43)10-5-15(34)20(38)16(35)6-10)23(40)22(46-25(42)9-3-13(32)19(37)14(33)4-9)21(39)17(47-28)7-45-24(41)8-1-11(30)18(36)12(31)2-8/h1-6,17,21-23,30-40H,7H2,(H2,29,44)/t17-,21-,22+,23-,28+/m1/s1. The molecular weight excluding hydrogens is 670 g/mol. The summed E-state index contributed by atoms with van der Waals surface area (Å²) in [6.45, 7) is -1.16. The summed E-state index contributed by atoms with van der Waals surface area (Å²) in [5.41, 5.74) is 3.02. The molecule has 3 aromatic rings. The number of phenolic OH excluding ortho intramolecular Hbond substituents is 9. The number of carbonyl (C=O) groups is 4. The first-order valence-electron chi connectivity index (χ1n) is 13.2. The fourth-order valence-corrected chi connectivity index (χ4v) is 4.33. The van der Waals surface area contributed by atoms with Gasteiger partial charge in [0.25, 0.3) is 0 Å². The lowest BCUT2D eigenvalue weighted by atomic mass is 9.97. The van der Waals surface area contributed by atoms with Crippen molar-refractivity contribution in [2.45, 2.75) is 30.4 Å². The van der Waals surface area contributed by atoms with Gasteiger partial charge in [-0.1, -0.05) is 0 Å². The molecule has 0 aliphatic carbocycles. The Morgan fingerprint density at radius 3 is 1.43 bits per heavy atom. The average molecular weight is 695 g/mol. The predicted molar refractivity (Wildman–Crippen MR) is 149 cm³/mol. The van der Waals surface area contributed by atoms with Crippen molar-refractivity contribution >= 4 is 24.0 Å². The molecule has 5 atom stereocenters. The molecule has 262 valence electrons. The molecule has 13 N–H and O–H groups in total. The smallest absolute Gasteiger partial charge is 0.409 e. The molecule has 1 saturated heterocycles. The molecule has 1 aliphatic rings. The number of amides is 1. The topological polar surface area (TPSA) is 363 Å². The van der Waals surface area contributed by atoms with E-state index in [4.69, 9.17) is 29.4 Å². The second-order valence-electron chi connectivity index (χ2n) is 10.1. The second kappa shape index (κ2) is 13.3. The Labute approximate surface area is 270 Å². The van der Waals surface area contributed by atoms with Crippen LogP contribution in [0.1, 0.15) is 31.1 Å². The van der Waals surface area contributed by atoms with Gasteiger partial charge < -0.3 is 80.9 Å². The molecule has 49 heavy (non-hydrogen) atoms. The largest absolute Gasteiger partial charge is 0.504 e. The Bertz CT molecular complexity index is 1760. The Morgan fingerprint density at radius 1 is 0.633 bits per heavy atom. The summed E-state index contributed by atoms with van der Waals surface area (Å²) < 4.78 is 25.2.